The van der Waals surface area contributed by atoms with Gasteiger partial charge in [0, 0.05) is 42.4 Å². The molecule has 1 fully saturated rings. The van der Waals surface area contributed by atoms with Gasteiger partial charge < -0.3 is 9.80 Å². The van der Waals surface area contributed by atoms with E-state index in [4.69, 9.17) is 11.6 Å². The van der Waals surface area contributed by atoms with Crippen molar-refractivity contribution in [2.45, 2.75) is 31.7 Å². The maximum atomic E-state index is 13.0. The van der Waals surface area contributed by atoms with Crippen LogP contribution in [0.3, 0.4) is 0 Å². The minimum atomic E-state index is -0.0657. The first-order chi connectivity index (χ1) is 12.6. The molecule has 1 saturated heterocycles. The van der Waals surface area contributed by atoms with E-state index >= 15 is 0 Å². The Bertz CT molecular complexity index is 817. The molecule has 1 unspecified atom stereocenters. The Morgan fingerprint density at radius 2 is 1.96 bits per heavy atom. The highest BCUT2D eigenvalue weighted by Crippen LogP contribution is 2.38. The van der Waals surface area contributed by atoms with E-state index in [0.717, 1.165) is 24.9 Å². The summed E-state index contributed by atoms with van der Waals surface area (Å²) in [6.45, 7) is 2.02. The van der Waals surface area contributed by atoms with Crippen LogP contribution >= 0.6 is 22.9 Å². The number of hydrogen-bond donors (Lipinski definition) is 0. The van der Waals surface area contributed by atoms with Crippen LogP contribution in [0.25, 0.3) is 0 Å². The van der Waals surface area contributed by atoms with Gasteiger partial charge in [0.1, 0.15) is 0 Å². The summed E-state index contributed by atoms with van der Waals surface area (Å²) in [6, 6.07) is 9.83. The Morgan fingerprint density at radius 1 is 1.15 bits per heavy atom. The highest BCUT2D eigenvalue weighted by atomic mass is 35.5. The van der Waals surface area contributed by atoms with Gasteiger partial charge in [-0.3, -0.25) is 9.59 Å². The standard InChI is InChI=1S/C20H21ClN2O2S/c21-15-5-3-14(4-6-15)20-16-9-13-26-17(16)7-12-23(20)19(25)8-11-22-10-1-2-18(22)24/h3-6,9,13,20H,1-2,7-8,10-12H2. The van der Waals surface area contributed by atoms with Gasteiger partial charge in [-0.2, -0.15) is 0 Å². The minimum absolute atomic E-state index is 0.0657. The summed E-state index contributed by atoms with van der Waals surface area (Å²) in [5.74, 6) is 0.285. The molecular formula is C20H21ClN2O2S. The molecular weight excluding hydrogens is 368 g/mol. The van der Waals surface area contributed by atoms with Crippen LogP contribution in [0.4, 0.5) is 0 Å². The monoisotopic (exact) mass is 388 g/mol. The van der Waals surface area contributed by atoms with Crippen LogP contribution in [0.15, 0.2) is 35.7 Å². The summed E-state index contributed by atoms with van der Waals surface area (Å²) in [5, 5.41) is 2.80. The number of carbonyl (C=O) groups is 2. The smallest absolute Gasteiger partial charge is 0.225 e. The van der Waals surface area contributed by atoms with Crippen molar-refractivity contribution < 1.29 is 9.59 Å². The highest BCUT2D eigenvalue weighted by Gasteiger charge is 2.33. The maximum absolute atomic E-state index is 13.0. The summed E-state index contributed by atoms with van der Waals surface area (Å²) in [4.78, 5) is 29.9. The first-order valence-electron chi connectivity index (χ1n) is 9.02. The fourth-order valence-corrected chi connectivity index (χ4v) is 4.93. The fourth-order valence-electron chi connectivity index (χ4n) is 3.90. The number of likely N-dealkylation sites (tertiary alicyclic amines) is 1. The Balaban J connectivity index is 1.56. The zero-order valence-corrected chi connectivity index (χ0v) is 16.1. The molecule has 136 valence electrons. The molecule has 0 spiro atoms. The van der Waals surface area contributed by atoms with Crippen molar-refractivity contribution in [1.82, 2.24) is 9.80 Å². The van der Waals surface area contributed by atoms with Gasteiger partial charge in [0.05, 0.1) is 6.04 Å². The van der Waals surface area contributed by atoms with E-state index in [2.05, 4.69) is 11.4 Å². The molecule has 3 heterocycles. The lowest BCUT2D eigenvalue weighted by Crippen LogP contribution is -2.41. The normalized spacial score (nSPS) is 19.7. The van der Waals surface area contributed by atoms with Gasteiger partial charge in [0.2, 0.25) is 11.8 Å². The Labute approximate surface area is 162 Å². The van der Waals surface area contributed by atoms with Gasteiger partial charge in [-0.05, 0) is 47.5 Å². The van der Waals surface area contributed by atoms with E-state index in [9.17, 15) is 9.59 Å². The summed E-state index contributed by atoms with van der Waals surface area (Å²) < 4.78 is 0. The predicted molar refractivity (Wildman–Crippen MR) is 103 cm³/mol. The van der Waals surface area contributed by atoms with Crippen LogP contribution in [0, 0.1) is 0 Å². The van der Waals surface area contributed by atoms with Crippen molar-refractivity contribution in [3.05, 3.63) is 56.7 Å². The van der Waals surface area contributed by atoms with Crippen molar-refractivity contribution in [3.8, 4) is 0 Å². The van der Waals surface area contributed by atoms with Crippen molar-refractivity contribution in [3.63, 3.8) is 0 Å². The average Bonchev–Trinajstić information content (AvgIpc) is 3.28. The zero-order chi connectivity index (χ0) is 18.1. The molecule has 0 bridgehead atoms. The summed E-state index contributed by atoms with van der Waals surface area (Å²) in [6.07, 6.45) is 2.80. The van der Waals surface area contributed by atoms with Gasteiger partial charge in [-0.15, -0.1) is 11.3 Å². The Kier molecular flexibility index (Phi) is 5.00. The number of halogens is 1. The van der Waals surface area contributed by atoms with Gasteiger partial charge in [-0.25, -0.2) is 0 Å². The van der Waals surface area contributed by atoms with Gasteiger partial charge in [-0.1, -0.05) is 23.7 Å². The van der Waals surface area contributed by atoms with E-state index in [1.807, 2.05) is 34.1 Å². The van der Waals surface area contributed by atoms with Gasteiger partial charge in [0.25, 0.3) is 0 Å². The number of nitrogens with zero attached hydrogens (tertiary/aromatic N) is 2. The maximum Gasteiger partial charge on any atom is 0.225 e. The van der Waals surface area contributed by atoms with Crippen LogP contribution in [-0.4, -0.2) is 41.2 Å². The molecule has 2 aromatic rings. The Hall–Kier alpha value is -1.85. The summed E-state index contributed by atoms with van der Waals surface area (Å²) in [5.41, 5.74) is 2.30. The van der Waals surface area contributed by atoms with Crippen LogP contribution < -0.4 is 0 Å². The van der Waals surface area contributed by atoms with E-state index in [1.54, 1.807) is 11.3 Å². The third-order valence-electron chi connectivity index (χ3n) is 5.24. The molecule has 2 amide bonds. The highest BCUT2D eigenvalue weighted by molar-refractivity contribution is 7.10. The number of rotatable bonds is 4. The molecule has 1 atom stereocenters. The summed E-state index contributed by atoms with van der Waals surface area (Å²) in [7, 11) is 0. The molecule has 2 aliphatic heterocycles. The number of fused-ring (bicyclic) bond motifs is 1. The molecule has 6 heteroatoms. The molecule has 0 N–H and O–H groups in total. The second kappa shape index (κ2) is 7.41. The first kappa shape index (κ1) is 17.6. The van der Waals surface area contributed by atoms with Crippen molar-refractivity contribution >= 4 is 34.8 Å². The molecule has 0 saturated carbocycles. The molecule has 0 aliphatic carbocycles. The van der Waals surface area contributed by atoms with E-state index in [0.29, 0.717) is 31.0 Å². The Morgan fingerprint density at radius 3 is 2.69 bits per heavy atom. The zero-order valence-electron chi connectivity index (χ0n) is 14.5. The summed E-state index contributed by atoms with van der Waals surface area (Å²) >= 11 is 7.81. The van der Waals surface area contributed by atoms with E-state index < -0.39 is 0 Å². The largest absolute Gasteiger partial charge is 0.342 e. The molecule has 1 aromatic heterocycles. The van der Waals surface area contributed by atoms with Crippen LogP contribution in [0.1, 0.15) is 41.3 Å². The molecule has 2 aliphatic rings. The van der Waals surface area contributed by atoms with E-state index in [-0.39, 0.29) is 17.9 Å². The molecule has 4 rings (SSSR count). The van der Waals surface area contributed by atoms with Crippen LogP contribution in [0.5, 0.6) is 0 Å². The second-order valence-corrected chi connectivity index (χ2v) is 8.26. The van der Waals surface area contributed by atoms with Crippen molar-refractivity contribution in [2.75, 3.05) is 19.6 Å². The minimum Gasteiger partial charge on any atom is -0.342 e. The number of hydrogen-bond acceptors (Lipinski definition) is 3. The average molecular weight is 389 g/mol. The fraction of sp³-hybridized carbons (Fsp3) is 0.400. The quantitative estimate of drug-likeness (QED) is 0.797. The first-order valence-corrected chi connectivity index (χ1v) is 10.3. The van der Waals surface area contributed by atoms with Crippen LogP contribution in [-0.2, 0) is 16.0 Å². The van der Waals surface area contributed by atoms with Gasteiger partial charge in [0.15, 0.2) is 0 Å². The van der Waals surface area contributed by atoms with E-state index in [1.165, 1.54) is 10.4 Å². The molecule has 4 nitrogen and oxygen atoms in total. The second-order valence-electron chi connectivity index (χ2n) is 6.82. The van der Waals surface area contributed by atoms with Crippen LogP contribution in [0.2, 0.25) is 5.02 Å². The topological polar surface area (TPSA) is 40.6 Å². The molecule has 26 heavy (non-hydrogen) atoms. The third-order valence-corrected chi connectivity index (χ3v) is 6.49. The SMILES string of the molecule is O=C1CCCN1CCC(=O)N1CCc2sccc2C1c1ccc(Cl)cc1. The lowest BCUT2D eigenvalue weighted by Gasteiger charge is -2.36. The number of benzene rings is 1. The third kappa shape index (κ3) is 3.38. The lowest BCUT2D eigenvalue weighted by atomic mass is 9.93. The molecule has 1 aromatic carbocycles. The van der Waals surface area contributed by atoms with Crippen molar-refractivity contribution in [1.29, 1.82) is 0 Å². The number of thiophene rings is 1. The number of amides is 2. The van der Waals surface area contributed by atoms with Crippen molar-refractivity contribution in [2.24, 2.45) is 0 Å². The molecule has 0 radical (unpaired) electrons. The number of carbonyl (C=O) groups excluding carboxylic acids is 2. The lowest BCUT2D eigenvalue weighted by molar-refractivity contribution is -0.134. The van der Waals surface area contributed by atoms with Gasteiger partial charge >= 0.3 is 0 Å². The predicted octanol–water partition coefficient (Wildman–Crippen LogP) is 3.89.